The Bertz CT molecular complexity index is 697. The van der Waals surface area contributed by atoms with Crippen LogP contribution in [0.5, 0.6) is 11.5 Å². The monoisotopic (exact) mass is 312 g/mol. The second-order valence-corrected chi connectivity index (χ2v) is 4.98. The third-order valence-electron chi connectivity index (χ3n) is 3.35. The minimum absolute atomic E-state index is 0.114. The SMILES string of the molecule is COc1ccc(/C=C(\C)C(=O)NCc2ccncc2)cc1OC. The van der Waals surface area contributed by atoms with Crippen LogP contribution in [0.1, 0.15) is 18.1 Å². The molecule has 1 N–H and O–H groups in total. The van der Waals surface area contributed by atoms with E-state index >= 15 is 0 Å². The van der Waals surface area contributed by atoms with Gasteiger partial charge in [0.1, 0.15) is 0 Å². The van der Waals surface area contributed by atoms with Crippen molar-refractivity contribution in [2.75, 3.05) is 14.2 Å². The van der Waals surface area contributed by atoms with Gasteiger partial charge in [-0.15, -0.1) is 0 Å². The lowest BCUT2D eigenvalue weighted by Crippen LogP contribution is -2.23. The first-order chi connectivity index (χ1) is 11.1. The minimum Gasteiger partial charge on any atom is -0.493 e. The van der Waals surface area contributed by atoms with Crippen LogP contribution in [-0.4, -0.2) is 25.1 Å². The van der Waals surface area contributed by atoms with Crippen LogP contribution in [0.4, 0.5) is 0 Å². The summed E-state index contributed by atoms with van der Waals surface area (Å²) in [6.45, 7) is 2.25. The van der Waals surface area contributed by atoms with E-state index in [1.165, 1.54) is 0 Å². The Hall–Kier alpha value is -2.82. The number of carbonyl (C=O) groups excluding carboxylic acids is 1. The molecule has 0 spiro atoms. The first-order valence-corrected chi connectivity index (χ1v) is 7.21. The molecule has 1 aromatic carbocycles. The van der Waals surface area contributed by atoms with E-state index < -0.39 is 0 Å². The average Bonchev–Trinajstić information content (AvgIpc) is 2.60. The van der Waals surface area contributed by atoms with Crippen LogP contribution in [0, 0.1) is 0 Å². The molecule has 1 aromatic heterocycles. The van der Waals surface area contributed by atoms with E-state index in [0.717, 1.165) is 11.1 Å². The van der Waals surface area contributed by atoms with Gasteiger partial charge in [-0.3, -0.25) is 9.78 Å². The van der Waals surface area contributed by atoms with E-state index in [1.807, 2.05) is 36.4 Å². The number of benzene rings is 1. The number of amides is 1. The normalized spacial score (nSPS) is 11.0. The second kappa shape index (κ2) is 7.98. The van der Waals surface area contributed by atoms with Crippen molar-refractivity contribution in [1.82, 2.24) is 10.3 Å². The van der Waals surface area contributed by atoms with Crippen molar-refractivity contribution in [3.8, 4) is 11.5 Å². The Morgan fingerprint density at radius 1 is 1.13 bits per heavy atom. The van der Waals surface area contributed by atoms with Gasteiger partial charge in [0.15, 0.2) is 11.5 Å². The zero-order valence-corrected chi connectivity index (χ0v) is 13.5. The highest BCUT2D eigenvalue weighted by molar-refractivity contribution is 5.97. The van der Waals surface area contributed by atoms with Crippen LogP contribution in [-0.2, 0) is 11.3 Å². The lowest BCUT2D eigenvalue weighted by Gasteiger charge is -2.09. The molecule has 5 nitrogen and oxygen atoms in total. The summed E-state index contributed by atoms with van der Waals surface area (Å²) in [6, 6.07) is 9.26. The zero-order valence-electron chi connectivity index (χ0n) is 13.5. The highest BCUT2D eigenvalue weighted by atomic mass is 16.5. The number of aromatic nitrogens is 1. The number of nitrogens with zero attached hydrogens (tertiary/aromatic N) is 1. The van der Waals surface area contributed by atoms with Crippen molar-refractivity contribution in [3.05, 3.63) is 59.4 Å². The Morgan fingerprint density at radius 3 is 2.48 bits per heavy atom. The summed E-state index contributed by atoms with van der Waals surface area (Å²) in [5, 5.41) is 2.88. The largest absolute Gasteiger partial charge is 0.493 e. The summed E-state index contributed by atoms with van der Waals surface area (Å²) in [6.07, 6.45) is 5.21. The van der Waals surface area contributed by atoms with Crippen LogP contribution >= 0.6 is 0 Å². The predicted molar refractivity (Wildman–Crippen MR) is 89.3 cm³/mol. The molecule has 2 aromatic rings. The Balaban J connectivity index is 2.05. The third-order valence-corrected chi connectivity index (χ3v) is 3.35. The number of carbonyl (C=O) groups is 1. The molecule has 1 heterocycles. The molecule has 0 bridgehead atoms. The van der Waals surface area contributed by atoms with Crippen molar-refractivity contribution in [2.24, 2.45) is 0 Å². The highest BCUT2D eigenvalue weighted by Gasteiger charge is 2.07. The zero-order chi connectivity index (χ0) is 16.7. The van der Waals surface area contributed by atoms with Gasteiger partial charge in [0, 0.05) is 24.5 Å². The van der Waals surface area contributed by atoms with Gasteiger partial charge < -0.3 is 14.8 Å². The van der Waals surface area contributed by atoms with Crippen LogP contribution in [0.25, 0.3) is 6.08 Å². The van der Waals surface area contributed by atoms with Gasteiger partial charge in [-0.1, -0.05) is 6.07 Å². The van der Waals surface area contributed by atoms with Crippen molar-refractivity contribution in [1.29, 1.82) is 0 Å². The van der Waals surface area contributed by atoms with Crippen LogP contribution in [0.15, 0.2) is 48.3 Å². The van der Waals surface area contributed by atoms with Gasteiger partial charge in [0.2, 0.25) is 5.91 Å². The number of pyridine rings is 1. The molecule has 1 amide bonds. The maximum absolute atomic E-state index is 12.1. The summed E-state index contributed by atoms with van der Waals surface area (Å²) in [5.41, 5.74) is 2.50. The molecule has 0 unspecified atom stereocenters. The molecule has 0 aliphatic rings. The maximum Gasteiger partial charge on any atom is 0.247 e. The van der Waals surface area contributed by atoms with Crippen LogP contribution in [0.3, 0.4) is 0 Å². The van der Waals surface area contributed by atoms with Crippen molar-refractivity contribution in [2.45, 2.75) is 13.5 Å². The van der Waals surface area contributed by atoms with E-state index in [4.69, 9.17) is 9.47 Å². The van der Waals surface area contributed by atoms with Crippen LogP contribution < -0.4 is 14.8 Å². The second-order valence-electron chi connectivity index (χ2n) is 4.98. The molecule has 0 saturated carbocycles. The van der Waals surface area contributed by atoms with Gasteiger partial charge >= 0.3 is 0 Å². The number of nitrogens with one attached hydrogen (secondary N) is 1. The first kappa shape index (κ1) is 16.5. The van der Waals surface area contributed by atoms with E-state index in [-0.39, 0.29) is 5.91 Å². The Morgan fingerprint density at radius 2 is 1.83 bits per heavy atom. The molecule has 0 atom stereocenters. The lowest BCUT2D eigenvalue weighted by atomic mass is 10.1. The number of methoxy groups -OCH3 is 2. The van der Waals surface area contributed by atoms with E-state index in [2.05, 4.69) is 10.3 Å². The fourth-order valence-electron chi connectivity index (χ4n) is 2.08. The standard InChI is InChI=1S/C18H20N2O3/c1-13(18(21)20-12-14-6-8-19-9-7-14)10-15-4-5-16(22-2)17(11-15)23-3/h4-11H,12H2,1-3H3,(H,20,21)/b13-10+. The highest BCUT2D eigenvalue weighted by Crippen LogP contribution is 2.28. The van der Waals surface area contributed by atoms with E-state index in [1.54, 1.807) is 33.5 Å². The molecule has 0 fully saturated rings. The summed E-state index contributed by atoms with van der Waals surface area (Å²) in [7, 11) is 3.17. The van der Waals surface area contributed by atoms with Gasteiger partial charge in [0.25, 0.3) is 0 Å². The maximum atomic E-state index is 12.1. The van der Waals surface area contributed by atoms with Crippen molar-refractivity contribution < 1.29 is 14.3 Å². The predicted octanol–water partition coefficient (Wildman–Crippen LogP) is 2.82. The summed E-state index contributed by atoms with van der Waals surface area (Å²) < 4.78 is 10.5. The number of ether oxygens (including phenoxy) is 2. The molecule has 0 radical (unpaired) electrons. The number of hydrogen-bond acceptors (Lipinski definition) is 4. The lowest BCUT2D eigenvalue weighted by molar-refractivity contribution is -0.117. The van der Waals surface area contributed by atoms with Gasteiger partial charge in [-0.05, 0) is 48.4 Å². The third kappa shape index (κ3) is 4.57. The molecule has 0 aliphatic heterocycles. The smallest absolute Gasteiger partial charge is 0.247 e. The average molecular weight is 312 g/mol. The molecule has 2 rings (SSSR count). The van der Waals surface area contributed by atoms with Gasteiger partial charge in [-0.2, -0.15) is 0 Å². The molecule has 120 valence electrons. The topological polar surface area (TPSA) is 60.5 Å². The summed E-state index contributed by atoms with van der Waals surface area (Å²) >= 11 is 0. The molecule has 0 aliphatic carbocycles. The molecular weight excluding hydrogens is 292 g/mol. The molecule has 23 heavy (non-hydrogen) atoms. The molecule has 5 heteroatoms. The van der Waals surface area contributed by atoms with Gasteiger partial charge in [-0.25, -0.2) is 0 Å². The van der Waals surface area contributed by atoms with Crippen molar-refractivity contribution >= 4 is 12.0 Å². The number of rotatable bonds is 6. The molecule has 0 saturated heterocycles. The number of hydrogen-bond donors (Lipinski definition) is 1. The fourth-order valence-corrected chi connectivity index (χ4v) is 2.08. The first-order valence-electron chi connectivity index (χ1n) is 7.21. The summed E-state index contributed by atoms with van der Waals surface area (Å²) in [5.74, 6) is 1.17. The van der Waals surface area contributed by atoms with Crippen molar-refractivity contribution in [3.63, 3.8) is 0 Å². The van der Waals surface area contributed by atoms with Crippen LogP contribution in [0.2, 0.25) is 0 Å². The minimum atomic E-state index is -0.114. The molecular formula is C18H20N2O3. The van der Waals surface area contributed by atoms with Gasteiger partial charge in [0.05, 0.1) is 14.2 Å². The quantitative estimate of drug-likeness (QED) is 0.833. The van der Waals surface area contributed by atoms with E-state index in [9.17, 15) is 4.79 Å². The Labute approximate surface area is 136 Å². The Kier molecular flexibility index (Phi) is 5.74. The van der Waals surface area contributed by atoms with E-state index in [0.29, 0.717) is 23.6 Å². The summed E-state index contributed by atoms with van der Waals surface area (Å²) in [4.78, 5) is 16.1. The fraction of sp³-hybridized carbons (Fsp3) is 0.222.